The molecule has 0 bridgehead atoms. The minimum Gasteiger partial charge on any atom is -0.312 e. The van der Waals surface area contributed by atoms with Gasteiger partial charge in [-0.25, -0.2) is 0 Å². The summed E-state index contributed by atoms with van der Waals surface area (Å²) in [6.45, 7) is 0.193. The third kappa shape index (κ3) is 4.34. The van der Waals surface area contributed by atoms with Gasteiger partial charge in [0.1, 0.15) is 0 Å². The molecule has 0 aliphatic carbocycles. The van der Waals surface area contributed by atoms with Crippen molar-refractivity contribution in [2.45, 2.75) is 6.42 Å². The number of benzene rings is 2. The van der Waals surface area contributed by atoms with Gasteiger partial charge < -0.3 is 4.90 Å². The molecule has 3 rings (SSSR count). The SMILES string of the molecule is O=C(NNC(=O)[C@@H]1CC(=O)N(c2ccc(Br)cc2)C1)c1cccc([N+](=O)[O-])c1. The van der Waals surface area contributed by atoms with Gasteiger partial charge in [0.15, 0.2) is 0 Å². The van der Waals surface area contributed by atoms with Crippen LogP contribution in [0.25, 0.3) is 0 Å². The lowest BCUT2D eigenvalue weighted by Crippen LogP contribution is -2.45. The fourth-order valence-corrected chi connectivity index (χ4v) is 3.07. The van der Waals surface area contributed by atoms with Gasteiger partial charge in [-0.05, 0) is 30.3 Å². The molecule has 144 valence electrons. The van der Waals surface area contributed by atoms with E-state index in [9.17, 15) is 24.5 Å². The molecule has 2 aromatic carbocycles. The van der Waals surface area contributed by atoms with Crippen LogP contribution >= 0.6 is 15.9 Å². The van der Waals surface area contributed by atoms with E-state index in [1.165, 1.54) is 23.1 Å². The van der Waals surface area contributed by atoms with E-state index in [0.29, 0.717) is 5.69 Å². The number of nitrogens with zero attached hydrogens (tertiary/aromatic N) is 2. The van der Waals surface area contributed by atoms with E-state index in [2.05, 4.69) is 26.8 Å². The molecule has 3 amide bonds. The average molecular weight is 447 g/mol. The van der Waals surface area contributed by atoms with Crippen molar-refractivity contribution in [3.63, 3.8) is 0 Å². The second-order valence-electron chi connectivity index (χ2n) is 6.13. The molecule has 1 heterocycles. The van der Waals surface area contributed by atoms with Crippen molar-refractivity contribution in [3.05, 3.63) is 68.7 Å². The third-order valence-electron chi connectivity index (χ3n) is 4.25. The highest BCUT2D eigenvalue weighted by molar-refractivity contribution is 9.10. The normalized spacial score (nSPS) is 16.0. The Morgan fingerprint density at radius 1 is 1.14 bits per heavy atom. The number of amides is 3. The lowest BCUT2D eigenvalue weighted by molar-refractivity contribution is -0.384. The largest absolute Gasteiger partial charge is 0.312 e. The summed E-state index contributed by atoms with van der Waals surface area (Å²) in [7, 11) is 0. The molecule has 0 spiro atoms. The maximum atomic E-state index is 12.3. The summed E-state index contributed by atoms with van der Waals surface area (Å²) in [5.41, 5.74) is 4.99. The highest BCUT2D eigenvalue weighted by Gasteiger charge is 2.35. The van der Waals surface area contributed by atoms with Crippen molar-refractivity contribution in [1.82, 2.24) is 10.9 Å². The van der Waals surface area contributed by atoms with Crippen LogP contribution in [0.4, 0.5) is 11.4 Å². The Hall–Kier alpha value is -3.27. The van der Waals surface area contributed by atoms with Gasteiger partial charge in [-0.15, -0.1) is 0 Å². The number of carbonyl (C=O) groups excluding carboxylic acids is 3. The second-order valence-corrected chi connectivity index (χ2v) is 7.05. The molecule has 1 fully saturated rings. The van der Waals surface area contributed by atoms with E-state index in [0.717, 1.165) is 10.5 Å². The zero-order valence-corrected chi connectivity index (χ0v) is 16.0. The summed E-state index contributed by atoms with van der Waals surface area (Å²) in [5.74, 6) is -2.01. The monoisotopic (exact) mass is 446 g/mol. The molecule has 2 aromatic rings. The number of nitro benzene ring substituents is 1. The molecule has 2 N–H and O–H groups in total. The quantitative estimate of drug-likeness (QED) is 0.550. The summed E-state index contributed by atoms with van der Waals surface area (Å²) in [6, 6.07) is 12.3. The molecule has 28 heavy (non-hydrogen) atoms. The first-order chi connectivity index (χ1) is 13.3. The van der Waals surface area contributed by atoms with Crippen LogP contribution in [0.15, 0.2) is 53.0 Å². The first-order valence-electron chi connectivity index (χ1n) is 8.26. The predicted molar refractivity (Wildman–Crippen MR) is 103 cm³/mol. The lowest BCUT2D eigenvalue weighted by atomic mass is 10.1. The number of nitrogens with one attached hydrogen (secondary N) is 2. The molecule has 0 radical (unpaired) electrons. The molecule has 0 aromatic heterocycles. The number of halogens is 1. The van der Waals surface area contributed by atoms with E-state index in [1.54, 1.807) is 24.3 Å². The Kier molecular flexibility index (Phi) is 5.69. The molecule has 1 aliphatic rings. The standard InChI is InChI=1S/C18H15BrN4O5/c19-13-4-6-14(7-5-13)22-10-12(9-16(22)24)18(26)21-20-17(25)11-2-1-3-15(8-11)23(27)28/h1-8,12H,9-10H2,(H,20,25)(H,21,26)/t12-/m1/s1. The molecule has 0 saturated carbocycles. The van der Waals surface area contributed by atoms with Gasteiger partial charge in [0, 0.05) is 40.8 Å². The second kappa shape index (κ2) is 8.17. The molecule has 0 unspecified atom stereocenters. The Labute approximate surface area is 168 Å². The van der Waals surface area contributed by atoms with Crippen molar-refractivity contribution in [2.75, 3.05) is 11.4 Å². The number of non-ortho nitro benzene ring substituents is 1. The zero-order valence-electron chi connectivity index (χ0n) is 14.4. The predicted octanol–water partition coefficient (Wildman–Crippen LogP) is 2.17. The highest BCUT2D eigenvalue weighted by atomic mass is 79.9. The van der Waals surface area contributed by atoms with Crippen molar-refractivity contribution in [2.24, 2.45) is 5.92 Å². The van der Waals surface area contributed by atoms with Gasteiger partial charge in [-0.1, -0.05) is 22.0 Å². The van der Waals surface area contributed by atoms with Gasteiger partial charge in [-0.2, -0.15) is 0 Å². The van der Waals surface area contributed by atoms with Crippen LogP contribution in [0.3, 0.4) is 0 Å². The Bertz CT molecular complexity index is 947. The molecular formula is C18H15BrN4O5. The Balaban J connectivity index is 1.59. The van der Waals surface area contributed by atoms with Gasteiger partial charge in [-0.3, -0.25) is 35.3 Å². The van der Waals surface area contributed by atoms with E-state index >= 15 is 0 Å². The van der Waals surface area contributed by atoms with E-state index in [-0.39, 0.29) is 30.1 Å². The van der Waals surface area contributed by atoms with Crippen LogP contribution in [0.5, 0.6) is 0 Å². The first-order valence-corrected chi connectivity index (χ1v) is 9.05. The molecule has 1 saturated heterocycles. The molecule has 1 aliphatic heterocycles. The lowest BCUT2D eigenvalue weighted by Gasteiger charge is -2.17. The van der Waals surface area contributed by atoms with Gasteiger partial charge in [0.25, 0.3) is 11.6 Å². The van der Waals surface area contributed by atoms with Crippen LogP contribution in [-0.4, -0.2) is 29.2 Å². The zero-order chi connectivity index (χ0) is 20.3. The number of anilines is 1. The van der Waals surface area contributed by atoms with Crippen molar-refractivity contribution in [3.8, 4) is 0 Å². The van der Waals surface area contributed by atoms with Crippen LogP contribution in [0.1, 0.15) is 16.8 Å². The Morgan fingerprint density at radius 3 is 2.54 bits per heavy atom. The minimum atomic E-state index is -0.689. The van der Waals surface area contributed by atoms with Gasteiger partial charge in [0.05, 0.1) is 10.8 Å². The smallest absolute Gasteiger partial charge is 0.270 e. The van der Waals surface area contributed by atoms with Gasteiger partial charge in [0.2, 0.25) is 11.8 Å². The summed E-state index contributed by atoms with van der Waals surface area (Å²) >= 11 is 3.32. The molecule has 10 heteroatoms. The van der Waals surface area contributed by atoms with E-state index in [1.807, 2.05) is 0 Å². The van der Waals surface area contributed by atoms with Gasteiger partial charge >= 0.3 is 0 Å². The van der Waals surface area contributed by atoms with Crippen LogP contribution in [0, 0.1) is 16.0 Å². The van der Waals surface area contributed by atoms with Crippen LogP contribution < -0.4 is 15.8 Å². The molecule has 9 nitrogen and oxygen atoms in total. The summed E-state index contributed by atoms with van der Waals surface area (Å²) in [6.07, 6.45) is 0.0224. The maximum Gasteiger partial charge on any atom is 0.270 e. The average Bonchev–Trinajstić information content (AvgIpc) is 3.08. The summed E-state index contributed by atoms with van der Waals surface area (Å²) < 4.78 is 0.876. The molecule has 1 atom stereocenters. The molecular weight excluding hydrogens is 432 g/mol. The number of nitro groups is 1. The fourth-order valence-electron chi connectivity index (χ4n) is 2.81. The minimum absolute atomic E-state index is 0.0224. The Morgan fingerprint density at radius 2 is 1.86 bits per heavy atom. The van der Waals surface area contributed by atoms with E-state index in [4.69, 9.17) is 0 Å². The third-order valence-corrected chi connectivity index (χ3v) is 4.78. The number of rotatable bonds is 4. The number of hydrogen-bond acceptors (Lipinski definition) is 5. The summed E-state index contributed by atoms with van der Waals surface area (Å²) in [4.78, 5) is 48.3. The van der Waals surface area contributed by atoms with Crippen molar-refractivity contribution < 1.29 is 19.3 Å². The summed E-state index contributed by atoms with van der Waals surface area (Å²) in [5, 5.41) is 10.8. The maximum absolute atomic E-state index is 12.3. The first kappa shape index (κ1) is 19.5. The van der Waals surface area contributed by atoms with Crippen molar-refractivity contribution >= 4 is 45.0 Å². The fraction of sp³-hybridized carbons (Fsp3) is 0.167. The number of hydrazine groups is 1. The van der Waals surface area contributed by atoms with E-state index < -0.39 is 22.7 Å². The number of hydrogen-bond donors (Lipinski definition) is 2. The highest BCUT2D eigenvalue weighted by Crippen LogP contribution is 2.26. The number of carbonyl (C=O) groups is 3. The van der Waals surface area contributed by atoms with Crippen molar-refractivity contribution in [1.29, 1.82) is 0 Å². The van der Waals surface area contributed by atoms with Crippen LogP contribution in [-0.2, 0) is 9.59 Å². The topological polar surface area (TPSA) is 122 Å². The van der Waals surface area contributed by atoms with Crippen LogP contribution in [0.2, 0.25) is 0 Å².